The fourth-order valence-electron chi connectivity index (χ4n) is 1.61. The fourth-order valence-corrected chi connectivity index (χ4v) is 3.34. The van der Waals surface area contributed by atoms with Crippen LogP contribution in [0, 0.1) is 5.82 Å². The summed E-state index contributed by atoms with van der Waals surface area (Å²) in [5.74, 6) is -0.561. The minimum Gasteiger partial charge on any atom is -0.316 e. The van der Waals surface area contributed by atoms with Gasteiger partial charge in [0.15, 0.2) is 0 Å². The molecule has 0 aromatic heterocycles. The van der Waals surface area contributed by atoms with Crippen molar-refractivity contribution in [1.82, 2.24) is 10.0 Å². The second-order valence-corrected chi connectivity index (χ2v) is 6.78. The van der Waals surface area contributed by atoms with Gasteiger partial charge in [-0.1, -0.05) is 13.0 Å². The first-order valence-corrected chi connectivity index (χ1v) is 7.67. The Kier molecular flexibility index (Phi) is 5.06. The highest BCUT2D eigenvalue weighted by Crippen LogP contribution is 2.20. The lowest BCUT2D eigenvalue weighted by Crippen LogP contribution is -2.43. The van der Waals surface area contributed by atoms with Crippen LogP contribution in [0.3, 0.4) is 0 Å². The van der Waals surface area contributed by atoms with E-state index < -0.39 is 21.4 Å². The van der Waals surface area contributed by atoms with E-state index in [4.69, 9.17) is 0 Å². The van der Waals surface area contributed by atoms with Crippen molar-refractivity contribution >= 4 is 10.0 Å². The number of benzene rings is 1. The summed E-state index contributed by atoms with van der Waals surface area (Å²) in [5.41, 5.74) is -0.0227. The average Bonchev–Trinajstić information content (AvgIpc) is 2.30. The van der Waals surface area contributed by atoms with Crippen molar-refractivity contribution in [3.63, 3.8) is 0 Å². The zero-order valence-electron chi connectivity index (χ0n) is 11.7. The maximum Gasteiger partial charge on any atom is 0.241 e. The molecule has 0 aliphatic rings. The summed E-state index contributed by atoms with van der Waals surface area (Å²) in [6.45, 7) is 5.84. The summed E-state index contributed by atoms with van der Waals surface area (Å²) >= 11 is 0. The summed E-state index contributed by atoms with van der Waals surface area (Å²) < 4.78 is 40.6. The molecule has 0 fully saturated rings. The molecule has 0 aliphatic carbocycles. The predicted octanol–water partition coefficient (Wildman–Crippen LogP) is 2.01. The molecule has 1 aromatic rings. The van der Waals surface area contributed by atoms with Gasteiger partial charge in [0.05, 0.1) is 4.90 Å². The molecule has 0 heterocycles. The summed E-state index contributed by atoms with van der Waals surface area (Å²) in [7, 11) is -2.02. The molecule has 1 aromatic carbocycles. The van der Waals surface area contributed by atoms with Crippen LogP contribution in [0.4, 0.5) is 4.39 Å². The first-order valence-electron chi connectivity index (χ1n) is 6.19. The Balaban J connectivity index is 3.23. The van der Waals surface area contributed by atoms with E-state index >= 15 is 0 Å². The molecule has 0 atom stereocenters. The Bertz CT molecular complexity index is 542. The third-order valence-corrected chi connectivity index (χ3v) is 4.76. The minimum atomic E-state index is -3.74. The molecule has 0 saturated heterocycles. The van der Waals surface area contributed by atoms with Crippen molar-refractivity contribution in [3.05, 3.63) is 29.6 Å². The van der Waals surface area contributed by atoms with E-state index in [1.807, 2.05) is 6.92 Å². The summed E-state index contributed by atoms with van der Waals surface area (Å²) in [4.78, 5) is -0.0108. The molecule has 0 spiro atoms. The first kappa shape index (κ1) is 16.1. The Labute approximate surface area is 114 Å². The van der Waals surface area contributed by atoms with Crippen LogP contribution in [-0.4, -0.2) is 21.0 Å². The molecule has 0 unspecified atom stereocenters. The zero-order chi connectivity index (χ0) is 14.7. The predicted molar refractivity (Wildman–Crippen MR) is 73.9 cm³/mol. The van der Waals surface area contributed by atoms with E-state index in [9.17, 15) is 12.8 Å². The van der Waals surface area contributed by atoms with Crippen LogP contribution in [0.15, 0.2) is 23.1 Å². The zero-order valence-corrected chi connectivity index (χ0v) is 12.6. The van der Waals surface area contributed by atoms with E-state index in [1.54, 1.807) is 20.9 Å². The van der Waals surface area contributed by atoms with Crippen LogP contribution in [0.5, 0.6) is 0 Å². The smallest absolute Gasteiger partial charge is 0.241 e. The molecule has 0 amide bonds. The highest BCUT2D eigenvalue weighted by molar-refractivity contribution is 7.89. The van der Waals surface area contributed by atoms with Crippen LogP contribution in [0.25, 0.3) is 0 Å². The van der Waals surface area contributed by atoms with Crippen molar-refractivity contribution in [1.29, 1.82) is 0 Å². The van der Waals surface area contributed by atoms with E-state index in [-0.39, 0.29) is 4.90 Å². The Hall–Kier alpha value is -0.980. The van der Waals surface area contributed by atoms with Gasteiger partial charge in [-0.15, -0.1) is 0 Å². The van der Waals surface area contributed by atoms with Gasteiger partial charge in [-0.3, -0.25) is 0 Å². The van der Waals surface area contributed by atoms with Crippen LogP contribution in [0.1, 0.15) is 32.8 Å². The second-order valence-electron chi connectivity index (χ2n) is 5.13. The maximum absolute atomic E-state index is 13.3. The van der Waals surface area contributed by atoms with Gasteiger partial charge in [-0.25, -0.2) is 17.5 Å². The molecular weight excluding hydrogens is 267 g/mol. The molecule has 6 heteroatoms. The number of hydrogen-bond donors (Lipinski definition) is 2. The number of hydrogen-bond acceptors (Lipinski definition) is 3. The van der Waals surface area contributed by atoms with Gasteiger partial charge >= 0.3 is 0 Å². The Morgan fingerprint density at radius 3 is 2.47 bits per heavy atom. The molecular formula is C13H21FN2O2S. The molecule has 19 heavy (non-hydrogen) atoms. The van der Waals surface area contributed by atoms with E-state index in [2.05, 4.69) is 10.0 Å². The van der Waals surface area contributed by atoms with E-state index in [1.165, 1.54) is 12.1 Å². The van der Waals surface area contributed by atoms with Crippen LogP contribution < -0.4 is 10.0 Å². The van der Waals surface area contributed by atoms with E-state index in [0.29, 0.717) is 18.5 Å². The highest BCUT2D eigenvalue weighted by Gasteiger charge is 2.26. The van der Waals surface area contributed by atoms with Gasteiger partial charge in [0, 0.05) is 12.1 Å². The summed E-state index contributed by atoms with van der Waals surface area (Å²) in [5, 5.41) is 2.88. The van der Waals surface area contributed by atoms with Crippen molar-refractivity contribution in [2.45, 2.75) is 44.2 Å². The number of nitrogens with one attached hydrogen (secondary N) is 2. The molecule has 1 rings (SSSR count). The lowest BCUT2D eigenvalue weighted by Gasteiger charge is -2.25. The van der Waals surface area contributed by atoms with Gasteiger partial charge in [0.2, 0.25) is 10.0 Å². The normalized spacial score (nSPS) is 12.7. The van der Waals surface area contributed by atoms with E-state index in [0.717, 1.165) is 6.07 Å². The number of rotatable bonds is 6. The van der Waals surface area contributed by atoms with Crippen LogP contribution in [-0.2, 0) is 16.6 Å². The Morgan fingerprint density at radius 2 is 1.95 bits per heavy atom. The monoisotopic (exact) mass is 288 g/mol. The van der Waals surface area contributed by atoms with Gasteiger partial charge in [0.25, 0.3) is 0 Å². The van der Waals surface area contributed by atoms with Crippen molar-refractivity contribution < 1.29 is 12.8 Å². The van der Waals surface area contributed by atoms with Gasteiger partial charge in [-0.2, -0.15) is 0 Å². The second kappa shape index (κ2) is 5.98. The summed E-state index contributed by atoms with van der Waals surface area (Å²) in [6, 6.07) is 3.80. The fraction of sp³-hybridized carbons (Fsp3) is 0.538. The topological polar surface area (TPSA) is 58.2 Å². The van der Waals surface area contributed by atoms with Crippen molar-refractivity contribution in [2.75, 3.05) is 7.05 Å². The maximum atomic E-state index is 13.3. The van der Waals surface area contributed by atoms with Gasteiger partial charge in [-0.05, 0) is 45.0 Å². The van der Waals surface area contributed by atoms with Crippen LogP contribution in [0.2, 0.25) is 0 Å². The molecule has 0 saturated carbocycles. The quantitative estimate of drug-likeness (QED) is 0.842. The molecule has 0 radical (unpaired) electrons. The number of sulfonamides is 1. The molecule has 108 valence electrons. The SMILES string of the molecule is CCC(C)(C)NS(=O)(=O)c1cc(F)ccc1CNC. The molecule has 4 nitrogen and oxygen atoms in total. The highest BCUT2D eigenvalue weighted by atomic mass is 32.2. The van der Waals surface area contributed by atoms with Crippen molar-refractivity contribution in [3.8, 4) is 0 Å². The standard InChI is InChI=1S/C13H21FN2O2S/c1-5-13(2,3)16-19(17,18)12-8-11(14)7-6-10(12)9-15-4/h6-8,15-16H,5,9H2,1-4H3. The molecule has 0 bridgehead atoms. The lowest BCUT2D eigenvalue weighted by molar-refractivity contribution is 0.439. The van der Waals surface area contributed by atoms with Gasteiger partial charge in [0.1, 0.15) is 5.82 Å². The van der Waals surface area contributed by atoms with Crippen molar-refractivity contribution in [2.24, 2.45) is 0 Å². The third kappa shape index (κ3) is 4.26. The summed E-state index contributed by atoms with van der Waals surface area (Å²) in [6.07, 6.45) is 0.642. The third-order valence-electron chi connectivity index (χ3n) is 2.98. The largest absolute Gasteiger partial charge is 0.316 e. The molecule has 2 N–H and O–H groups in total. The van der Waals surface area contributed by atoms with Crippen LogP contribution >= 0.6 is 0 Å². The first-order chi connectivity index (χ1) is 8.72. The molecule has 0 aliphatic heterocycles. The van der Waals surface area contributed by atoms with Gasteiger partial charge < -0.3 is 5.32 Å². The average molecular weight is 288 g/mol. The minimum absolute atomic E-state index is 0.0108. The lowest BCUT2D eigenvalue weighted by atomic mass is 10.0. The Morgan fingerprint density at radius 1 is 1.32 bits per heavy atom. The number of halogens is 1.